The number of rotatable bonds is 4. The van der Waals surface area contributed by atoms with E-state index in [2.05, 4.69) is 4.98 Å². The number of benzene rings is 1. The van der Waals surface area contributed by atoms with Crippen molar-refractivity contribution in [3.05, 3.63) is 35.3 Å². The molecule has 2 aromatic rings. The zero-order chi connectivity index (χ0) is 16.2. The lowest BCUT2D eigenvalue weighted by Crippen LogP contribution is -2.40. The molecule has 1 aliphatic heterocycles. The molecule has 6 heteroatoms. The van der Waals surface area contributed by atoms with E-state index in [-0.39, 0.29) is 12.0 Å². The van der Waals surface area contributed by atoms with Crippen molar-refractivity contribution < 1.29 is 14.6 Å². The van der Waals surface area contributed by atoms with E-state index in [0.717, 1.165) is 16.3 Å². The number of ether oxygens (including phenoxy) is 1. The van der Waals surface area contributed by atoms with Gasteiger partial charge in [-0.1, -0.05) is 0 Å². The lowest BCUT2D eigenvalue weighted by Gasteiger charge is -2.28. The second-order valence-corrected chi connectivity index (χ2v) is 6.38. The summed E-state index contributed by atoms with van der Waals surface area (Å²) in [5.41, 5.74) is 1.46. The van der Waals surface area contributed by atoms with Gasteiger partial charge in [0.05, 0.1) is 12.7 Å². The molecule has 0 spiro atoms. The first-order valence-corrected chi connectivity index (χ1v) is 8.71. The molecule has 3 rings (SSSR count). The SMILES string of the molecule is CCOc1ccc(-c2nc(C(=O)N3CCC(O)CC3)cs2)cc1. The highest BCUT2D eigenvalue weighted by molar-refractivity contribution is 7.13. The van der Waals surface area contributed by atoms with E-state index < -0.39 is 0 Å². The molecule has 0 atom stereocenters. The molecule has 0 radical (unpaired) electrons. The van der Waals surface area contributed by atoms with Crippen LogP contribution in [0, 0.1) is 0 Å². The lowest BCUT2D eigenvalue weighted by atomic mass is 10.1. The minimum absolute atomic E-state index is 0.0506. The van der Waals surface area contributed by atoms with Crippen molar-refractivity contribution in [1.29, 1.82) is 0 Å². The Bertz CT molecular complexity index is 661. The molecule has 1 aliphatic rings. The fourth-order valence-electron chi connectivity index (χ4n) is 2.60. The smallest absolute Gasteiger partial charge is 0.273 e. The number of thiazole rings is 1. The van der Waals surface area contributed by atoms with Crippen LogP contribution >= 0.6 is 11.3 Å². The van der Waals surface area contributed by atoms with Gasteiger partial charge < -0.3 is 14.7 Å². The summed E-state index contributed by atoms with van der Waals surface area (Å²) in [6, 6.07) is 7.73. The van der Waals surface area contributed by atoms with Gasteiger partial charge in [-0.2, -0.15) is 0 Å². The molecule has 23 heavy (non-hydrogen) atoms. The predicted molar refractivity (Wildman–Crippen MR) is 89.9 cm³/mol. The van der Waals surface area contributed by atoms with Gasteiger partial charge >= 0.3 is 0 Å². The molecule has 0 saturated carbocycles. The van der Waals surface area contributed by atoms with Crippen LogP contribution < -0.4 is 4.74 Å². The maximum Gasteiger partial charge on any atom is 0.273 e. The standard InChI is InChI=1S/C17H20N2O3S/c1-2-22-14-5-3-12(4-6-14)16-18-15(11-23-16)17(21)19-9-7-13(20)8-10-19/h3-6,11,13,20H,2,7-10H2,1H3. The quantitative estimate of drug-likeness (QED) is 0.935. The van der Waals surface area contributed by atoms with Gasteiger partial charge in [-0.05, 0) is 44.0 Å². The number of aliphatic hydroxyl groups excluding tert-OH is 1. The van der Waals surface area contributed by atoms with Crippen LogP contribution in [-0.4, -0.2) is 46.7 Å². The van der Waals surface area contributed by atoms with Gasteiger partial charge in [0, 0.05) is 24.0 Å². The van der Waals surface area contributed by atoms with Gasteiger partial charge in [0.25, 0.3) is 5.91 Å². The summed E-state index contributed by atoms with van der Waals surface area (Å²) in [4.78, 5) is 18.7. The zero-order valence-electron chi connectivity index (χ0n) is 13.1. The summed E-state index contributed by atoms with van der Waals surface area (Å²) < 4.78 is 5.43. The highest BCUT2D eigenvalue weighted by Crippen LogP contribution is 2.26. The van der Waals surface area contributed by atoms with Crippen LogP contribution in [0.2, 0.25) is 0 Å². The van der Waals surface area contributed by atoms with Crippen LogP contribution in [0.5, 0.6) is 5.75 Å². The van der Waals surface area contributed by atoms with Gasteiger partial charge in [-0.25, -0.2) is 4.98 Å². The molecule has 1 aromatic heterocycles. The van der Waals surface area contributed by atoms with Crippen molar-refractivity contribution in [2.24, 2.45) is 0 Å². The number of hydrogen-bond donors (Lipinski definition) is 1. The number of hydrogen-bond acceptors (Lipinski definition) is 5. The van der Waals surface area contributed by atoms with E-state index in [1.165, 1.54) is 11.3 Å². The Morgan fingerprint density at radius 3 is 2.70 bits per heavy atom. The summed E-state index contributed by atoms with van der Waals surface area (Å²) >= 11 is 1.47. The highest BCUT2D eigenvalue weighted by atomic mass is 32.1. The molecular weight excluding hydrogens is 312 g/mol. The molecule has 122 valence electrons. The molecule has 1 N–H and O–H groups in total. The molecule has 1 amide bonds. The van der Waals surface area contributed by atoms with Gasteiger partial charge in [-0.15, -0.1) is 11.3 Å². The highest BCUT2D eigenvalue weighted by Gasteiger charge is 2.24. The third-order valence-electron chi connectivity index (χ3n) is 3.89. The van der Waals surface area contributed by atoms with Crippen LogP contribution in [0.1, 0.15) is 30.3 Å². The summed E-state index contributed by atoms with van der Waals surface area (Å²) in [7, 11) is 0. The number of aromatic nitrogens is 1. The molecule has 1 fully saturated rings. The molecule has 1 saturated heterocycles. The first-order valence-electron chi connectivity index (χ1n) is 7.83. The largest absolute Gasteiger partial charge is 0.494 e. The predicted octanol–water partition coefficient (Wildman–Crippen LogP) is 2.81. The van der Waals surface area contributed by atoms with Crippen molar-refractivity contribution in [2.45, 2.75) is 25.9 Å². The lowest BCUT2D eigenvalue weighted by molar-refractivity contribution is 0.0542. The Balaban J connectivity index is 1.71. The molecule has 0 bridgehead atoms. The topological polar surface area (TPSA) is 62.7 Å². The van der Waals surface area contributed by atoms with E-state index in [1.807, 2.05) is 31.2 Å². The molecule has 1 aromatic carbocycles. The molecule has 2 heterocycles. The number of aliphatic hydroxyl groups is 1. The minimum atomic E-state index is -0.283. The zero-order valence-corrected chi connectivity index (χ0v) is 13.9. The average molecular weight is 332 g/mol. The van der Waals surface area contributed by atoms with Crippen molar-refractivity contribution in [3.63, 3.8) is 0 Å². The maximum atomic E-state index is 12.5. The third kappa shape index (κ3) is 3.71. The van der Waals surface area contributed by atoms with Crippen LogP contribution in [0.4, 0.5) is 0 Å². The first-order chi connectivity index (χ1) is 11.2. The Kier molecular flexibility index (Phi) is 4.93. The first kappa shape index (κ1) is 16.0. The maximum absolute atomic E-state index is 12.5. The monoisotopic (exact) mass is 332 g/mol. The number of nitrogens with zero attached hydrogens (tertiary/aromatic N) is 2. The van der Waals surface area contributed by atoms with Crippen LogP contribution in [0.3, 0.4) is 0 Å². The number of piperidine rings is 1. The Morgan fingerprint density at radius 1 is 1.35 bits per heavy atom. The second kappa shape index (κ2) is 7.10. The molecular formula is C17H20N2O3S. The summed E-state index contributed by atoms with van der Waals surface area (Å²) in [6.45, 7) is 3.78. The fourth-order valence-corrected chi connectivity index (χ4v) is 3.40. The van der Waals surface area contributed by atoms with E-state index in [1.54, 1.807) is 10.3 Å². The Morgan fingerprint density at radius 2 is 2.04 bits per heavy atom. The second-order valence-electron chi connectivity index (χ2n) is 5.52. The van der Waals surface area contributed by atoms with Gasteiger partial charge in [0.1, 0.15) is 16.5 Å². The van der Waals surface area contributed by atoms with E-state index in [4.69, 9.17) is 4.74 Å². The van der Waals surface area contributed by atoms with Gasteiger partial charge in [-0.3, -0.25) is 4.79 Å². The number of likely N-dealkylation sites (tertiary alicyclic amines) is 1. The average Bonchev–Trinajstić information content (AvgIpc) is 3.06. The van der Waals surface area contributed by atoms with E-state index in [9.17, 15) is 9.90 Å². The van der Waals surface area contributed by atoms with E-state index >= 15 is 0 Å². The number of carbonyl (C=O) groups excluding carboxylic acids is 1. The van der Waals surface area contributed by atoms with Crippen LogP contribution in [-0.2, 0) is 0 Å². The van der Waals surface area contributed by atoms with Crippen molar-refractivity contribution in [2.75, 3.05) is 19.7 Å². The molecule has 5 nitrogen and oxygen atoms in total. The fraction of sp³-hybridized carbons (Fsp3) is 0.412. The van der Waals surface area contributed by atoms with Gasteiger partial charge in [0.2, 0.25) is 0 Å². The summed E-state index contributed by atoms with van der Waals surface area (Å²) in [5.74, 6) is 0.779. The minimum Gasteiger partial charge on any atom is -0.494 e. The van der Waals surface area contributed by atoms with Crippen molar-refractivity contribution in [3.8, 4) is 16.3 Å². The summed E-state index contributed by atoms with van der Waals surface area (Å²) in [5, 5.41) is 12.2. The Hall–Kier alpha value is -1.92. The molecule has 0 aliphatic carbocycles. The third-order valence-corrected chi connectivity index (χ3v) is 4.78. The summed E-state index contributed by atoms with van der Waals surface area (Å²) in [6.07, 6.45) is 0.998. The normalized spacial score (nSPS) is 15.7. The van der Waals surface area contributed by atoms with Crippen LogP contribution in [0.25, 0.3) is 10.6 Å². The van der Waals surface area contributed by atoms with Crippen molar-refractivity contribution >= 4 is 17.2 Å². The number of carbonyl (C=O) groups is 1. The Labute approximate surface area is 139 Å². The van der Waals surface area contributed by atoms with Crippen LogP contribution in [0.15, 0.2) is 29.6 Å². The number of amides is 1. The van der Waals surface area contributed by atoms with Crippen molar-refractivity contribution in [1.82, 2.24) is 9.88 Å². The van der Waals surface area contributed by atoms with Gasteiger partial charge in [0.15, 0.2) is 0 Å². The molecule has 0 unspecified atom stereocenters. The van der Waals surface area contributed by atoms with E-state index in [0.29, 0.717) is 38.2 Å².